The number of hydrogen-bond acceptors (Lipinski definition) is 2. The number of likely N-dealkylation sites (tertiary alicyclic amines) is 1. The molecular formula is C20H37N5. The van der Waals surface area contributed by atoms with Gasteiger partial charge in [-0.25, -0.2) is 0 Å². The van der Waals surface area contributed by atoms with E-state index in [1.165, 1.54) is 44.6 Å². The van der Waals surface area contributed by atoms with Crippen LogP contribution in [0.15, 0.2) is 23.3 Å². The van der Waals surface area contributed by atoms with Crippen molar-refractivity contribution in [3.63, 3.8) is 0 Å². The Morgan fingerprint density at radius 2 is 2.00 bits per heavy atom. The maximum absolute atomic E-state index is 4.42. The first-order chi connectivity index (χ1) is 12.0. The Hall–Kier alpha value is -1.49. The maximum Gasteiger partial charge on any atom is 0.193 e. The predicted octanol–water partition coefficient (Wildman–Crippen LogP) is 2.79. The predicted molar refractivity (Wildman–Crippen MR) is 107 cm³/mol. The lowest BCUT2D eigenvalue weighted by atomic mass is 9.92. The van der Waals surface area contributed by atoms with Gasteiger partial charge in [0.15, 0.2) is 5.96 Å². The van der Waals surface area contributed by atoms with Gasteiger partial charge < -0.3 is 19.7 Å². The second-order valence-electron chi connectivity index (χ2n) is 7.85. The Morgan fingerprint density at radius 1 is 1.28 bits per heavy atom. The third-order valence-electron chi connectivity index (χ3n) is 5.15. The van der Waals surface area contributed by atoms with Gasteiger partial charge in [0.1, 0.15) is 0 Å². The lowest BCUT2D eigenvalue weighted by Gasteiger charge is -2.35. The number of unbranched alkanes of at least 4 members (excludes halogenated alkanes) is 1. The number of nitrogens with zero attached hydrogens (tertiary/aromatic N) is 4. The van der Waals surface area contributed by atoms with Crippen LogP contribution in [-0.4, -0.2) is 60.6 Å². The molecule has 0 amide bonds. The molecule has 1 aliphatic heterocycles. The van der Waals surface area contributed by atoms with E-state index >= 15 is 0 Å². The van der Waals surface area contributed by atoms with Gasteiger partial charge in [-0.1, -0.05) is 13.8 Å². The highest BCUT2D eigenvalue weighted by Crippen LogP contribution is 2.20. The van der Waals surface area contributed by atoms with Gasteiger partial charge in [-0.15, -0.1) is 0 Å². The third kappa shape index (κ3) is 6.38. The van der Waals surface area contributed by atoms with E-state index in [9.17, 15) is 0 Å². The van der Waals surface area contributed by atoms with Gasteiger partial charge in [0, 0.05) is 52.7 Å². The molecule has 1 aromatic heterocycles. The van der Waals surface area contributed by atoms with E-state index in [4.69, 9.17) is 0 Å². The Bertz CT molecular complexity index is 526. The van der Waals surface area contributed by atoms with Crippen molar-refractivity contribution in [3.05, 3.63) is 24.0 Å². The van der Waals surface area contributed by atoms with Crippen LogP contribution in [0.25, 0.3) is 0 Å². The maximum atomic E-state index is 4.42. The van der Waals surface area contributed by atoms with Crippen molar-refractivity contribution in [2.24, 2.45) is 23.9 Å². The normalized spacial score (nSPS) is 22.2. The zero-order valence-electron chi connectivity index (χ0n) is 16.8. The number of piperidine rings is 1. The van der Waals surface area contributed by atoms with E-state index in [-0.39, 0.29) is 0 Å². The summed E-state index contributed by atoms with van der Waals surface area (Å²) >= 11 is 0. The lowest BCUT2D eigenvalue weighted by molar-refractivity contribution is 0.139. The number of nitrogens with one attached hydrogen (secondary N) is 1. The molecule has 25 heavy (non-hydrogen) atoms. The van der Waals surface area contributed by atoms with E-state index in [2.05, 4.69) is 70.9 Å². The number of guanidine groups is 1. The van der Waals surface area contributed by atoms with Gasteiger partial charge in [0.2, 0.25) is 0 Å². The molecule has 142 valence electrons. The number of aromatic nitrogens is 1. The van der Waals surface area contributed by atoms with E-state index in [1.54, 1.807) is 0 Å². The summed E-state index contributed by atoms with van der Waals surface area (Å²) in [6, 6.07) is 4.24. The van der Waals surface area contributed by atoms with Crippen molar-refractivity contribution < 1.29 is 0 Å². The standard InChI is InChI=1S/C20H37N5/c1-17-13-18(2)15-25(14-17)12-7-6-10-22-20(21-3)24(5)16-19-9-8-11-23(19)4/h8-9,11,17-18H,6-7,10,12-16H2,1-5H3,(H,21,22). The van der Waals surface area contributed by atoms with Crippen LogP contribution >= 0.6 is 0 Å². The molecule has 2 unspecified atom stereocenters. The van der Waals surface area contributed by atoms with Crippen molar-refractivity contribution >= 4 is 5.96 Å². The Kier molecular flexibility index (Phi) is 7.82. The summed E-state index contributed by atoms with van der Waals surface area (Å²) < 4.78 is 2.16. The Balaban J connectivity index is 1.65. The Morgan fingerprint density at radius 3 is 2.60 bits per heavy atom. The molecule has 1 N–H and O–H groups in total. The van der Waals surface area contributed by atoms with E-state index in [1.807, 2.05) is 7.05 Å². The van der Waals surface area contributed by atoms with E-state index < -0.39 is 0 Å². The van der Waals surface area contributed by atoms with Crippen molar-refractivity contribution in [2.45, 2.75) is 39.7 Å². The molecule has 5 heteroatoms. The quantitative estimate of drug-likeness (QED) is 0.468. The van der Waals surface area contributed by atoms with Crippen LogP contribution in [0.1, 0.15) is 38.8 Å². The molecule has 0 spiro atoms. The van der Waals surface area contributed by atoms with Crippen LogP contribution in [0.4, 0.5) is 0 Å². The summed E-state index contributed by atoms with van der Waals surface area (Å²) in [6.07, 6.45) is 5.92. The SMILES string of the molecule is CN=C(NCCCCN1CC(C)CC(C)C1)N(C)Cc1cccn1C. The van der Waals surface area contributed by atoms with Gasteiger partial charge in [0.25, 0.3) is 0 Å². The van der Waals surface area contributed by atoms with Crippen LogP contribution in [0.5, 0.6) is 0 Å². The fourth-order valence-corrected chi connectivity index (χ4v) is 4.00. The summed E-state index contributed by atoms with van der Waals surface area (Å²) in [5, 5.41) is 3.50. The van der Waals surface area contributed by atoms with Crippen LogP contribution < -0.4 is 5.32 Å². The van der Waals surface area contributed by atoms with Crippen molar-refractivity contribution in [1.82, 2.24) is 19.7 Å². The van der Waals surface area contributed by atoms with Gasteiger partial charge in [-0.3, -0.25) is 4.99 Å². The van der Waals surface area contributed by atoms with Crippen LogP contribution in [0.3, 0.4) is 0 Å². The number of aliphatic imine (C=N–C) groups is 1. The highest BCUT2D eigenvalue weighted by molar-refractivity contribution is 5.79. The fourth-order valence-electron chi connectivity index (χ4n) is 4.00. The summed E-state index contributed by atoms with van der Waals surface area (Å²) in [7, 11) is 6.04. The minimum absolute atomic E-state index is 0.854. The summed E-state index contributed by atoms with van der Waals surface area (Å²) in [5.41, 5.74) is 1.29. The largest absolute Gasteiger partial charge is 0.356 e. The molecular weight excluding hydrogens is 310 g/mol. The average molecular weight is 348 g/mol. The molecule has 2 rings (SSSR count). The fraction of sp³-hybridized carbons (Fsp3) is 0.750. The first-order valence-corrected chi connectivity index (χ1v) is 9.74. The topological polar surface area (TPSA) is 35.8 Å². The van der Waals surface area contributed by atoms with Gasteiger partial charge in [-0.2, -0.15) is 0 Å². The van der Waals surface area contributed by atoms with Crippen LogP contribution in [0.2, 0.25) is 0 Å². The first-order valence-electron chi connectivity index (χ1n) is 9.74. The molecule has 1 fully saturated rings. The molecule has 2 heterocycles. The molecule has 2 atom stereocenters. The molecule has 0 radical (unpaired) electrons. The van der Waals surface area contributed by atoms with Crippen LogP contribution in [-0.2, 0) is 13.6 Å². The molecule has 1 saturated heterocycles. The van der Waals surface area contributed by atoms with Gasteiger partial charge in [-0.05, 0) is 49.8 Å². The number of rotatable bonds is 7. The second kappa shape index (κ2) is 9.85. The molecule has 0 aromatic carbocycles. The molecule has 0 aliphatic carbocycles. The van der Waals surface area contributed by atoms with Crippen molar-refractivity contribution in [1.29, 1.82) is 0 Å². The zero-order valence-corrected chi connectivity index (χ0v) is 16.8. The van der Waals surface area contributed by atoms with Crippen molar-refractivity contribution in [3.8, 4) is 0 Å². The monoisotopic (exact) mass is 347 g/mol. The highest BCUT2D eigenvalue weighted by atomic mass is 15.3. The summed E-state index contributed by atoms with van der Waals surface area (Å²) in [4.78, 5) is 9.25. The van der Waals surface area contributed by atoms with Crippen LogP contribution in [0, 0.1) is 11.8 Å². The molecule has 0 saturated carbocycles. The number of aryl methyl sites for hydroxylation is 1. The molecule has 5 nitrogen and oxygen atoms in total. The molecule has 1 aliphatic rings. The highest BCUT2D eigenvalue weighted by Gasteiger charge is 2.20. The van der Waals surface area contributed by atoms with E-state index in [0.29, 0.717) is 0 Å². The minimum atomic E-state index is 0.854. The first kappa shape index (κ1) is 19.8. The smallest absolute Gasteiger partial charge is 0.193 e. The van der Waals surface area contributed by atoms with Gasteiger partial charge in [0.05, 0.1) is 6.54 Å². The van der Waals surface area contributed by atoms with Crippen molar-refractivity contribution in [2.75, 3.05) is 40.3 Å². The number of hydrogen-bond donors (Lipinski definition) is 1. The minimum Gasteiger partial charge on any atom is -0.356 e. The third-order valence-corrected chi connectivity index (χ3v) is 5.15. The summed E-state index contributed by atoms with van der Waals surface area (Å²) in [6.45, 7) is 10.4. The lowest BCUT2D eigenvalue weighted by Crippen LogP contribution is -2.40. The molecule has 0 bridgehead atoms. The van der Waals surface area contributed by atoms with E-state index in [0.717, 1.165) is 30.9 Å². The Labute approximate surface area is 154 Å². The second-order valence-corrected chi connectivity index (χ2v) is 7.85. The summed E-state index contributed by atoms with van der Waals surface area (Å²) in [5.74, 6) is 2.68. The zero-order chi connectivity index (χ0) is 18.2. The average Bonchev–Trinajstić information content (AvgIpc) is 2.95. The van der Waals surface area contributed by atoms with Gasteiger partial charge >= 0.3 is 0 Å². The molecule has 1 aromatic rings.